The molecule has 0 saturated heterocycles. The number of aromatic nitrogens is 3. The molecule has 1 unspecified atom stereocenters. The predicted octanol–water partition coefficient (Wildman–Crippen LogP) is 1.21. The molecule has 5 heteroatoms. The van der Waals surface area contributed by atoms with Crippen molar-refractivity contribution in [2.45, 2.75) is 12.3 Å². The number of anilines is 2. The van der Waals surface area contributed by atoms with Gasteiger partial charge < -0.3 is 11.1 Å². The van der Waals surface area contributed by atoms with Crippen LogP contribution >= 0.6 is 0 Å². The van der Waals surface area contributed by atoms with Crippen LogP contribution in [0.5, 0.6) is 0 Å². The number of hydrogen-bond acceptors (Lipinski definition) is 5. The second-order valence-corrected chi connectivity index (χ2v) is 4.15. The van der Waals surface area contributed by atoms with Gasteiger partial charge in [-0.05, 0) is 17.5 Å². The molecule has 0 spiro atoms. The fraction of sp³-hybridized carbons (Fsp3) is 0.250. The van der Waals surface area contributed by atoms with Gasteiger partial charge in [0, 0.05) is 12.5 Å². The van der Waals surface area contributed by atoms with Gasteiger partial charge in [-0.25, -0.2) is 9.97 Å². The summed E-state index contributed by atoms with van der Waals surface area (Å²) in [6, 6.07) is 8.50. The summed E-state index contributed by atoms with van der Waals surface area (Å²) >= 11 is 0. The van der Waals surface area contributed by atoms with Gasteiger partial charge >= 0.3 is 0 Å². The SMILES string of the molecule is Nc1ncnc(NCC2Cc3ccccc32)n1. The van der Waals surface area contributed by atoms with E-state index in [1.165, 1.54) is 17.5 Å². The fourth-order valence-corrected chi connectivity index (χ4v) is 2.15. The molecule has 0 bridgehead atoms. The zero-order chi connectivity index (χ0) is 11.7. The van der Waals surface area contributed by atoms with E-state index in [-0.39, 0.29) is 5.95 Å². The van der Waals surface area contributed by atoms with Gasteiger partial charge in [-0.3, -0.25) is 0 Å². The van der Waals surface area contributed by atoms with Gasteiger partial charge in [0.05, 0.1) is 0 Å². The second-order valence-electron chi connectivity index (χ2n) is 4.15. The molecule has 1 aliphatic rings. The lowest BCUT2D eigenvalue weighted by Crippen LogP contribution is -2.24. The number of rotatable bonds is 3. The van der Waals surface area contributed by atoms with E-state index < -0.39 is 0 Å². The molecule has 0 saturated carbocycles. The minimum Gasteiger partial charge on any atom is -0.368 e. The smallest absolute Gasteiger partial charge is 0.227 e. The Kier molecular flexibility index (Phi) is 2.36. The highest BCUT2D eigenvalue weighted by molar-refractivity contribution is 5.42. The quantitative estimate of drug-likeness (QED) is 0.824. The molecule has 1 atom stereocenters. The van der Waals surface area contributed by atoms with E-state index in [9.17, 15) is 0 Å². The molecule has 1 aromatic heterocycles. The van der Waals surface area contributed by atoms with E-state index in [1.54, 1.807) is 0 Å². The molecular weight excluding hydrogens is 214 g/mol. The van der Waals surface area contributed by atoms with Crippen molar-refractivity contribution in [3.63, 3.8) is 0 Å². The first kappa shape index (κ1) is 10.0. The molecule has 0 aliphatic heterocycles. The Bertz CT molecular complexity index is 540. The maximum atomic E-state index is 5.49. The molecule has 17 heavy (non-hydrogen) atoms. The lowest BCUT2D eigenvalue weighted by Gasteiger charge is -2.30. The van der Waals surface area contributed by atoms with Crippen molar-refractivity contribution in [3.8, 4) is 0 Å². The van der Waals surface area contributed by atoms with E-state index in [4.69, 9.17) is 5.73 Å². The van der Waals surface area contributed by atoms with Crippen molar-refractivity contribution in [1.82, 2.24) is 15.0 Å². The summed E-state index contributed by atoms with van der Waals surface area (Å²) in [4.78, 5) is 11.8. The molecule has 3 N–H and O–H groups in total. The summed E-state index contributed by atoms with van der Waals surface area (Å²) in [5.41, 5.74) is 8.34. The van der Waals surface area contributed by atoms with Crippen LogP contribution in [0.1, 0.15) is 17.0 Å². The Morgan fingerprint density at radius 2 is 2.18 bits per heavy atom. The van der Waals surface area contributed by atoms with Gasteiger partial charge in [-0.2, -0.15) is 4.98 Å². The Labute approximate surface area is 99.1 Å². The van der Waals surface area contributed by atoms with Gasteiger partial charge in [0.25, 0.3) is 0 Å². The van der Waals surface area contributed by atoms with Crippen LogP contribution in [0, 0.1) is 0 Å². The van der Waals surface area contributed by atoms with Crippen LogP contribution < -0.4 is 11.1 Å². The zero-order valence-corrected chi connectivity index (χ0v) is 9.30. The van der Waals surface area contributed by atoms with Crippen LogP contribution in [0.15, 0.2) is 30.6 Å². The van der Waals surface area contributed by atoms with Gasteiger partial charge in [-0.15, -0.1) is 0 Å². The molecular formula is C12H13N5. The first-order chi connectivity index (χ1) is 8.33. The summed E-state index contributed by atoms with van der Waals surface area (Å²) in [5, 5.41) is 3.19. The molecule has 0 amide bonds. The standard InChI is InChI=1S/C12H13N5/c13-11-15-7-16-12(17-11)14-6-9-5-8-3-1-2-4-10(8)9/h1-4,7,9H,5-6H2,(H3,13,14,15,16,17). The minimum atomic E-state index is 0.247. The van der Waals surface area contributed by atoms with Gasteiger partial charge in [0.1, 0.15) is 6.33 Å². The van der Waals surface area contributed by atoms with Crippen LogP contribution in [0.3, 0.4) is 0 Å². The highest BCUT2D eigenvalue weighted by Gasteiger charge is 2.24. The number of benzene rings is 1. The Morgan fingerprint density at radius 1 is 1.29 bits per heavy atom. The number of fused-ring (bicyclic) bond motifs is 1. The summed E-state index contributed by atoms with van der Waals surface area (Å²) < 4.78 is 0. The Balaban J connectivity index is 1.64. The van der Waals surface area contributed by atoms with Gasteiger partial charge in [-0.1, -0.05) is 24.3 Å². The van der Waals surface area contributed by atoms with Crippen LogP contribution in [-0.2, 0) is 6.42 Å². The lowest BCUT2D eigenvalue weighted by atomic mass is 9.78. The van der Waals surface area contributed by atoms with Crippen molar-refractivity contribution >= 4 is 11.9 Å². The maximum Gasteiger partial charge on any atom is 0.227 e. The highest BCUT2D eigenvalue weighted by Crippen LogP contribution is 2.34. The van der Waals surface area contributed by atoms with Crippen molar-refractivity contribution < 1.29 is 0 Å². The molecule has 5 nitrogen and oxygen atoms in total. The molecule has 2 aromatic rings. The second kappa shape index (κ2) is 4.01. The Hall–Kier alpha value is -2.17. The normalized spacial score (nSPS) is 17.1. The van der Waals surface area contributed by atoms with Crippen LogP contribution in [-0.4, -0.2) is 21.5 Å². The Morgan fingerprint density at radius 3 is 3.00 bits per heavy atom. The van der Waals surface area contributed by atoms with E-state index in [2.05, 4.69) is 44.5 Å². The summed E-state index contributed by atoms with van der Waals surface area (Å²) in [6.07, 6.45) is 2.53. The molecule has 86 valence electrons. The first-order valence-corrected chi connectivity index (χ1v) is 5.59. The molecule has 1 heterocycles. The number of nitrogens with one attached hydrogen (secondary N) is 1. The van der Waals surface area contributed by atoms with E-state index >= 15 is 0 Å². The number of nitrogen functional groups attached to an aromatic ring is 1. The summed E-state index contributed by atoms with van der Waals surface area (Å²) in [6.45, 7) is 0.834. The molecule has 1 aliphatic carbocycles. The van der Waals surface area contributed by atoms with Crippen LogP contribution in [0.2, 0.25) is 0 Å². The number of nitrogens with zero attached hydrogens (tertiary/aromatic N) is 3. The number of nitrogens with two attached hydrogens (primary N) is 1. The van der Waals surface area contributed by atoms with Crippen molar-refractivity contribution in [3.05, 3.63) is 41.7 Å². The van der Waals surface area contributed by atoms with Gasteiger partial charge in [0.15, 0.2) is 0 Å². The minimum absolute atomic E-state index is 0.247. The third kappa shape index (κ3) is 1.91. The third-order valence-electron chi connectivity index (χ3n) is 3.06. The zero-order valence-electron chi connectivity index (χ0n) is 9.30. The molecule has 3 rings (SSSR count). The average Bonchev–Trinajstić information content (AvgIpc) is 2.30. The predicted molar refractivity (Wildman–Crippen MR) is 65.6 cm³/mol. The summed E-state index contributed by atoms with van der Waals surface area (Å²) in [5.74, 6) is 1.34. The van der Waals surface area contributed by atoms with Crippen molar-refractivity contribution in [2.75, 3.05) is 17.6 Å². The average molecular weight is 227 g/mol. The largest absolute Gasteiger partial charge is 0.368 e. The lowest BCUT2D eigenvalue weighted by molar-refractivity contribution is 0.633. The van der Waals surface area contributed by atoms with Crippen molar-refractivity contribution in [1.29, 1.82) is 0 Å². The van der Waals surface area contributed by atoms with E-state index in [0.29, 0.717) is 11.9 Å². The van der Waals surface area contributed by atoms with E-state index in [0.717, 1.165) is 13.0 Å². The molecule has 1 aromatic carbocycles. The maximum absolute atomic E-state index is 5.49. The topological polar surface area (TPSA) is 76.7 Å². The monoisotopic (exact) mass is 227 g/mol. The fourth-order valence-electron chi connectivity index (χ4n) is 2.15. The first-order valence-electron chi connectivity index (χ1n) is 5.59. The molecule has 0 radical (unpaired) electrons. The number of hydrogen-bond donors (Lipinski definition) is 2. The van der Waals surface area contributed by atoms with Gasteiger partial charge in [0.2, 0.25) is 11.9 Å². The van der Waals surface area contributed by atoms with Crippen LogP contribution in [0.25, 0.3) is 0 Å². The summed E-state index contributed by atoms with van der Waals surface area (Å²) in [7, 11) is 0. The van der Waals surface area contributed by atoms with E-state index in [1.807, 2.05) is 0 Å². The molecule has 0 fully saturated rings. The van der Waals surface area contributed by atoms with Crippen LogP contribution in [0.4, 0.5) is 11.9 Å². The third-order valence-corrected chi connectivity index (χ3v) is 3.06. The highest BCUT2D eigenvalue weighted by atomic mass is 15.2. The van der Waals surface area contributed by atoms with Crippen molar-refractivity contribution in [2.24, 2.45) is 0 Å².